The molecule has 0 fully saturated rings. The number of carboxylic acid groups (broad SMARTS) is 1. The Balaban J connectivity index is 1.67. The van der Waals surface area contributed by atoms with Gasteiger partial charge in [-0.25, -0.2) is 0 Å². The second kappa shape index (κ2) is 9.56. The summed E-state index contributed by atoms with van der Waals surface area (Å²) in [5.41, 5.74) is 4.96. The van der Waals surface area contributed by atoms with Gasteiger partial charge in [-0.1, -0.05) is 30.3 Å². The van der Waals surface area contributed by atoms with E-state index < -0.39 is 12.6 Å². The molecule has 4 aromatic rings. The van der Waals surface area contributed by atoms with Gasteiger partial charge in [-0.3, -0.25) is 9.18 Å². The van der Waals surface area contributed by atoms with Crippen LogP contribution in [0.5, 0.6) is 11.5 Å². The minimum atomic E-state index is -0.935. The van der Waals surface area contributed by atoms with Crippen LogP contribution in [0.3, 0.4) is 0 Å². The minimum absolute atomic E-state index is 0.146. The lowest BCUT2D eigenvalue weighted by Crippen LogP contribution is -2.04. The molecule has 0 radical (unpaired) electrons. The molecule has 1 N–H and O–H groups in total. The molecule has 0 saturated heterocycles. The van der Waals surface area contributed by atoms with E-state index >= 15 is 0 Å². The van der Waals surface area contributed by atoms with Crippen LogP contribution >= 0.6 is 0 Å². The third-order valence-corrected chi connectivity index (χ3v) is 5.24. The van der Waals surface area contributed by atoms with Crippen molar-refractivity contribution in [1.82, 2.24) is 0 Å². The van der Waals surface area contributed by atoms with Crippen LogP contribution in [0.25, 0.3) is 22.1 Å². The first-order valence-corrected chi connectivity index (χ1v) is 10.2. The number of fused-ring (bicyclic) bond motifs is 1. The maximum atomic E-state index is 12.8. The SMILES string of the molecule is COc1ccc(CC(=O)O)c(OCc2cc(-c3cccc(CCF)c3)c3occc3c2)c1. The predicted molar refractivity (Wildman–Crippen MR) is 120 cm³/mol. The molecule has 0 atom stereocenters. The van der Waals surface area contributed by atoms with Crippen LogP contribution in [0.1, 0.15) is 16.7 Å². The Bertz CT molecular complexity index is 1240. The molecule has 1 aromatic heterocycles. The lowest BCUT2D eigenvalue weighted by Gasteiger charge is -2.13. The number of rotatable bonds is 9. The fourth-order valence-electron chi connectivity index (χ4n) is 3.71. The molecule has 5 nitrogen and oxygen atoms in total. The summed E-state index contributed by atoms with van der Waals surface area (Å²) in [7, 11) is 1.55. The molecule has 1 heterocycles. The molecule has 0 aliphatic rings. The molecule has 164 valence electrons. The maximum absolute atomic E-state index is 12.8. The van der Waals surface area contributed by atoms with Crippen molar-refractivity contribution < 1.29 is 28.2 Å². The number of methoxy groups -OCH3 is 1. The molecule has 3 aromatic carbocycles. The Kier molecular flexibility index (Phi) is 6.40. The fraction of sp³-hybridized carbons (Fsp3) is 0.192. The molecule has 0 spiro atoms. The minimum Gasteiger partial charge on any atom is -0.497 e. The highest BCUT2D eigenvalue weighted by molar-refractivity contribution is 5.93. The van der Waals surface area contributed by atoms with Gasteiger partial charge < -0.3 is 19.0 Å². The van der Waals surface area contributed by atoms with Gasteiger partial charge in [0.2, 0.25) is 0 Å². The van der Waals surface area contributed by atoms with Crippen LogP contribution in [0.4, 0.5) is 4.39 Å². The highest BCUT2D eigenvalue weighted by Gasteiger charge is 2.13. The molecule has 6 heteroatoms. The van der Waals surface area contributed by atoms with Gasteiger partial charge in [0.1, 0.15) is 23.7 Å². The summed E-state index contributed by atoms with van der Waals surface area (Å²) in [5.74, 6) is 0.116. The van der Waals surface area contributed by atoms with E-state index in [4.69, 9.17) is 13.9 Å². The molecule has 0 aliphatic carbocycles. The number of aliphatic carboxylic acids is 1. The average Bonchev–Trinajstić information content (AvgIpc) is 3.26. The normalized spacial score (nSPS) is 10.9. The van der Waals surface area contributed by atoms with Crippen molar-refractivity contribution in [1.29, 1.82) is 0 Å². The zero-order valence-electron chi connectivity index (χ0n) is 17.6. The molecule has 0 amide bonds. The van der Waals surface area contributed by atoms with Gasteiger partial charge in [-0.15, -0.1) is 0 Å². The summed E-state index contributed by atoms with van der Waals surface area (Å²) < 4.78 is 29.8. The van der Waals surface area contributed by atoms with Crippen molar-refractivity contribution in [2.24, 2.45) is 0 Å². The molecular weight excluding hydrogens is 411 g/mol. The number of hydrogen-bond donors (Lipinski definition) is 1. The van der Waals surface area contributed by atoms with E-state index in [-0.39, 0.29) is 13.0 Å². The van der Waals surface area contributed by atoms with Crippen molar-refractivity contribution in [3.63, 3.8) is 0 Å². The molecule has 0 bridgehead atoms. The number of hydrogen-bond acceptors (Lipinski definition) is 4. The van der Waals surface area contributed by atoms with Gasteiger partial charge >= 0.3 is 5.97 Å². The van der Waals surface area contributed by atoms with Gasteiger partial charge in [0.25, 0.3) is 0 Å². The quantitative estimate of drug-likeness (QED) is 0.359. The Morgan fingerprint density at radius 3 is 2.72 bits per heavy atom. The zero-order valence-corrected chi connectivity index (χ0v) is 17.6. The van der Waals surface area contributed by atoms with E-state index in [1.54, 1.807) is 31.6 Å². The van der Waals surface area contributed by atoms with Crippen LogP contribution < -0.4 is 9.47 Å². The lowest BCUT2D eigenvalue weighted by atomic mass is 9.98. The maximum Gasteiger partial charge on any atom is 0.307 e. The number of halogens is 1. The number of aryl methyl sites for hydroxylation is 1. The third kappa shape index (κ3) is 4.75. The molecular formula is C26H23FO5. The van der Waals surface area contributed by atoms with E-state index in [0.717, 1.165) is 33.2 Å². The molecule has 4 rings (SSSR count). The highest BCUT2D eigenvalue weighted by Crippen LogP contribution is 2.33. The second-order valence-electron chi connectivity index (χ2n) is 7.45. The number of furan rings is 1. The summed E-state index contributed by atoms with van der Waals surface area (Å²) in [6, 6.07) is 18.7. The average molecular weight is 434 g/mol. The zero-order chi connectivity index (χ0) is 22.5. The van der Waals surface area contributed by atoms with Crippen LogP contribution in [0.2, 0.25) is 0 Å². The second-order valence-corrected chi connectivity index (χ2v) is 7.45. The smallest absolute Gasteiger partial charge is 0.307 e. The predicted octanol–water partition coefficient (Wildman–Crippen LogP) is 5.83. The fourth-order valence-corrected chi connectivity index (χ4v) is 3.71. The lowest BCUT2D eigenvalue weighted by molar-refractivity contribution is -0.136. The number of carbonyl (C=O) groups is 1. The highest BCUT2D eigenvalue weighted by atomic mass is 19.1. The topological polar surface area (TPSA) is 68.9 Å². The summed E-state index contributed by atoms with van der Waals surface area (Å²) in [6.07, 6.45) is 1.85. The van der Waals surface area contributed by atoms with Crippen LogP contribution in [-0.4, -0.2) is 24.9 Å². The number of carboxylic acids is 1. The number of ether oxygens (including phenoxy) is 2. The van der Waals surface area contributed by atoms with Gasteiger partial charge in [0.05, 0.1) is 26.5 Å². The van der Waals surface area contributed by atoms with Crippen molar-refractivity contribution >= 4 is 16.9 Å². The first kappa shape index (κ1) is 21.4. The first-order chi connectivity index (χ1) is 15.6. The summed E-state index contributed by atoms with van der Waals surface area (Å²) in [4.78, 5) is 11.2. The van der Waals surface area contributed by atoms with Crippen LogP contribution in [0, 0.1) is 0 Å². The van der Waals surface area contributed by atoms with Crippen molar-refractivity contribution in [3.8, 4) is 22.6 Å². The van der Waals surface area contributed by atoms with Gasteiger partial charge in [-0.05, 0) is 41.0 Å². The van der Waals surface area contributed by atoms with E-state index in [1.165, 1.54) is 0 Å². The van der Waals surface area contributed by atoms with Crippen molar-refractivity contribution in [3.05, 3.63) is 83.6 Å². The summed E-state index contributed by atoms with van der Waals surface area (Å²) in [5, 5.41) is 10.1. The van der Waals surface area contributed by atoms with E-state index in [9.17, 15) is 14.3 Å². The van der Waals surface area contributed by atoms with Gasteiger partial charge in [0, 0.05) is 29.0 Å². The Hall–Kier alpha value is -3.80. The Morgan fingerprint density at radius 2 is 1.94 bits per heavy atom. The Morgan fingerprint density at radius 1 is 1.06 bits per heavy atom. The van der Waals surface area contributed by atoms with Crippen molar-refractivity contribution in [2.45, 2.75) is 19.4 Å². The van der Waals surface area contributed by atoms with Crippen molar-refractivity contribution in [2.75, 3.05) is 13.8 Å². The summed E-state index contributed by atoms with van der Waals surface area (Å²) >= 11 is 0. The standard InChI is InChI=1S/C26H23FO5/c1-30-22-6-5-20(14-25(28)29)24(15-22)32-16-18-12-21-8-10-31-26(21)23(13-18)19-4-2-3-17(11-19)7-9-27/h2-6,8,10-13,15H,7,9,14,16H2,1H3,(H,28,29). The van der Waals surface area contributed by atoms with Crippen LogP contribution in [-0.2, 0) is 24.2 Å². The number of benzene rings is 3. The molecule has 0 saturated carbocycles. The monoisotopic (exact) mass is 434 g/mol. The van der Waals surface area contributed by atoms with Gasteiger partial charge in [-0.2, -0.15) is 0 Å². The molecule has 0 unspecified atom stereocenters. The van der Waals surface area contributed by atoms with E-state index in [2.05, 4.69) is 0 Å². The Labute approximate surface area is 185 Å². The molecule has 32 heavy (non-hydrogen) atoms. The first-order valence-electron chi connectivity index (χ1n) is 10.2. The number of alkyl halides is 1. The van der Waals surface area contributed by atoms with Gasteiger partial charge in [0.15, 0.2) is 0 Å². The van der Waals surface area contributed by atoms with Crippen LogP contribution in [0.15, 0.2) is 71.3 Å². The third-order valence-electron chi connectivity index (χ3n) is 5.24. The summed E-state index contributed by atoms with van der Waals surface area (Å²) in [6.45, 7) is -0.176. The molecule has 0 aliphatic heterocycles. The van der Waals surface area contributed by atoms with E-state index in [1.807, 2.05) is 42.5 Å². The largest absolute Gasteiger partial charge is 0.497 e. The van der Waals surface area contributed by atoms with E-state index in [0.29, 0.717) is 23.5 Å².